The van der Waals surface area contributed by atoms with Crippen LogP contribution in [0, 0.1) is 5.92 Å². The minimum absolute atomic E-state index is 0.264. The van der Waals surface area contributed by atoms with Crippen molar-refractivity contribution in [3.05, 3.63) is 48.8 Å². The summed E-state index contributed by atoms with van der Waals surface area (Å²) in [5.41, 5.74) is 2.34. The number of aromatic nitrogens is 1. The van der Waals surface area contributed by atoms with Gasteiger partial charge in [-0.1, -0.05) is 12.1 Å². The molecule has 2 aromatic rings. The quantitative estimate of drug-likeness (QED) is 0.931. The molecule has 1 aliphatic rings. The van der Waals surface area contributed by atoms with Gasteiger partial charge in [-0.15, -0.1) is 0 Å². The molecule has 1 saturated heterocycles. The highest BCUT2D eigenvalue weighted by atomic mass is 16.5. The molecule has 3 nitrogen and oxygen atoms in total. The maximum absolute atomic E-state index is 6.17. The molecule has 110 valence electrons. The van der Waals surface area contributed by atoms with Crippen LogP contribution in [0.5, 0.6) is 5.75 Å². The van der Waals surface area contributed by atoms with E-state index in [4.69, 9.17) is 4.74 Å². The van der Waals surface area contributed by atoms with Crippen molar-refractivity contribution in [2.24, 2.45) is 5.92 Å². The van der Waals surface area contributed by atoms with Crippen LogP contribution in [0.3, 0.4) is 0 Å². The van der Waals surface area contributed by atoms with Gasteiger partial charge in [-0.3, -0.25) is 4.98 Å². The molecule has 1 aromatic heterocycles. The highest BCUT2D eigenvalue weighted by Gasteiger charge is 2.21. The molecule has 3 rings (SSSR count). The Bertz CT molecular complexity index is 564. The van der Waals surface area contributed by atoms with Gasteiger partial charge in [-0.2, -0.15) is 0 Å². The first-order chi connectivity index (χ1) is 10.3. The molecule has 1 aromatic carbocycles. The minimum Gasteiger partial charge on any atom is -0.490 e. The molecule has 0 radical (unpaired) electrons. The largest absolute Gasteiger partial charge is 0.490 e. The average Bonchev–Trinajstić information content (AvgIpc) is 2.57. The summed E-state index contributed by atoms with van der Waals surface area (Å²) in [6, 6.07) is 12.4. The number of piperidine rings is 1. The molecule has 1 unspecified atom stereocenters. The van der Waals surface area contributed by atoms with Crippen LogP contribution in [0.4, 0.5) is 0 Å². The number of hydrogen-bond donors (Lipinski definition) is 1. The molecular weight excluding hydrogens is 260 g/mol. The van der Waals surface area contributed by atoms with E-state index in [1.54, 1.807) is 0 Å². The van der Waals surface area contributed by atoms with Crippen LogP contribution in [-0.2, 0) is 0 Å². The number of rotatable bonds is 4. The predicted octanol–water partition coefficient (Wildman–Crippen LogP) is 3.52. The highest BCUT2D eigenvalue weighted by Crippen LogP contribution is 2.26. The molecule has 0 aliphatic carbocycles. The molecule has 0 bridgehead atoms. The van der Waals surface area contributed by atoms with Crippen LogP contribution in [0.25, 0.3) is 11.1 Å². The first kappa shape index (κ1) is 14.1. The standard InChI is InChI=1S/C18H22N2O/c1-14(15-5-9-19-10-6-15)21-18-4-2-3-17(13-18)16-7-11-20-12-8-16/h2-4,7-8,11-15,19H,5-6,9-10H2,1H3. The van der Waals surface area contributed by atoms with Crippen molar-refractivity contribution in [3.63, 3.8) is 0 Å². The second-order valence-corrected chi connectivity index (χ2v) is 5.67. The fourth-order valence-electron chi connectivity index (χ4n) is 2.92. The zero-order chi connectivity index (χ0) is 14.5. The zero-order valence-corrected chi connectivity index (χ0v) is 12.5. The summed E-state index contributed by atoms with van der Waals surface area (Å²) in [4.78, 5) is 4.07. The van der Waals surface area contributed by atoms with Gasteiger partial charge in [0.2, 0.25) is 0 Å². The molecule has 1 fully saturated rings. The van der Waals surface area contributed by atoms with Crippen molar-refractivity contribution in [1.82, 2.24) is 10.3 Å². The highest BCUT2D eigenvalue weighted by molar-refractivity contribution is 5.64. The Labute approximate surface area is 126 Å². The van der Waals surface area contributed by atoms with Crippen LogP contribution in [0.1, 0.15) is 19.8 Å². The van der Waals surface area contributed by atoms with E-state index in [0.717, 1.165) is 18.8 Å². The monoisotopic (exact) mass is 282 g/mol. The van der Waals surface area contributed by atoms with Gasteiger partial charge in [0.1, 0.15) is 5.75 Å². The second kappa shape index (κ2) is 6.72. The minimum atomic E-state index is 0.264. The van der Waals surface area contributed by atoms with Crippen LogP contribution in [0.2, 0.25) is 0 Å². The van der Waals surface area contributed by atoms with Crippen molar-refractivity contribution in [2.45, 2.75) is 25.9 Å². The molecule has 1 N–H and O–H groups in total. The van der Waals surface area contributed by atoms with E-state index >= 15 is 0 Å². The van der Waals surface area contributed by atoms with E-state index in [1.807, 2.05) is 30.6 Å². The first-order valence-electron chi connectivity index (χ1n) is 7.71. The third-order valence-corrected chi connectivity index (χ3v) is 4.22. The number of pyridine rings is 1. The fourth-order valence-corrected chi connectivity index (χ4v) is 2.92. The molecule has 1 aliphatic heterocycles. The Kier molecular flexibility index (Phi) is 4.51. The zero-order valence-electron chi connectivity index (χ0n) is 12.5. The van der Waals surface area contributed by atoms with E-state index in [-0.39, 0.29) is 6.10 Å². The smallest absolute Gasteiger partial charge is 0.120 e. The molecular formula is C18H22N2O. The van der Waals surface area contributed by atoms with Crippen molar-refractivity contribution in [2.75, 3.05) is 13.1 Å². The summed E-state index contributed by atoms with van der Waals surface area (Å²) < 4.78 is 6.17. The molecule has 1 atom stereocenters. The summed E-state index contributed by atoms with van der Waals surface area (Å²) in [6.45, 7) is 4.40. The number of ether oxygens (including phenoxy) is 1. The summed E-state index contributed by atoms with van der Waals surface area (Å²) in [5, 5.41) is 3.40. The summed E-state index contributed by atoms with van der Waals surface area (Å²) in [6.07, 6.45) is 6.30. The number of benzene rings is 1. The van der Waals surface area contributed by atoms with Gasteiger partial charge in [-0.25, -0.2) is 0 Å². The van der Waals surface area contributed by atoms with E-state index in [2.05, 4.69) is 35.4 Å². The van der Waals surface area contributed by atoms with Crippen molar-refractivity contribution in [3.8, 4) is 16.9 Å². The molecule has 21 heavy (non-hydrogen) atoms. The third kappa shape index (κ3) is 3.61. The van der Waals surface area contributed by atoms with Crippen molar-refractivity contribution < 1.29 is 4.74 Å². The summed E-state index contributed by atoms with van der Waals surface area (Å²) >= 11 is 0. The molecule has 0 saturated carbocycles. The lowest BCUT2D eigenvalue weighted by Gasteiger charge is -2.28. The SMILES string of the molecule is CC(Oc1cccc(-c2ccncc2)c1)C1CCNCC1. The van der Waals surface area contributed by atoms with E-state index < -0.39 is 0 Å². The van der Waals surface area contributed by atoms with Crippen LogP contribution >= 0.6 is 0 Å². The van der Waals surface area contributed by atoms with Gasteiger partial charge in [0.25, 0.3) is 0 Å². The first-order valence-corrected chi connectivity index (χ1v) is 7.71. The average molecular weight is 282 g/mol. The second-order valence-electron chi connectivity index (χ2n) is 5.67. The van der Waals surface area contributed by atoms with Crippen molar-refractivity contribution >= 4 is 0 Å². The summed E-state index contributed by atoms with van der Waals surface area (Å²) in [7, 11) is 0. The maximum Gasteiger partial charge on any atom is 0.120 e. The maximum atomic E-state index is 6.17. The Hall–Kier alpha value is -1.87. The normalized spacial score (nSPS) is 17.4. The Balaban J connectivity index is 1.71. The molecule has 2 heterocycles. The number of nitrogens with one attached hydrogen (secondary N) is 1. The number of nitrogens with zero attached hydrogens (tertiary/aromatic N) is 1. The fraction of sp³-hybridized carbons (Fsp3) is 0.389. The topological polar surface area (TPSA) is 34.1 Å². The van der Waals surface area contributed by atoms with Gasteiger partial charge in [-0.05, 0) is 74.2 Å². The predicted molar refractivity (Wildman–Crippen MR) is 85.4 cm³/mol. The van der Waals surface area contributed by atoms with Gasteiger partial charge < -0.3 is 10.1 Å². The van der Waals surface area contributed by atoms with E-state index in [0.29, 0.717) is 5.92 Å². The number of hydrogen-bond acceptors (Lipinski definition) is 3. The van der Waals surface area contributed by atoms with Crippen molar-refractivity contribution in [1.29, 1.82) is 0 Å². The van der Waals surface area contributed by atoms with Gasteiger partial charge in [0.15, 0.2) is 0 Å². The van der Waals surface area contributed by atoms with E-state index in [1.165, 1.54) is 24.0 Å². The Morgan fingerprint density at radius 2 is 1.86 bits per heavy atom. The molecule has 0 spiro atoms. The molecule has 3 heteroatoms. The van der Waals surface area contributed by atoms with E-state index in [9.17, 15) is 0 Å². The molecule has 0 amide bonds. The lowest BCUT2D eigenvalue weighted by molar-refractivity contribution is 0.128. The van der Waals surface area contributed by atoms with Gasteiger partial charge >= 0.3 is 0 Å². The van der Waals surface area contributed by atoms with Gasteiger partial charge in [0.05, 0.1) is 6.10 Å². The van der Waals surface area contributed by atoms with Crippen LogP contribution in [0.15, 0.2) is 48.8 Å². The Morgan fingerprint density at radius 1 is 1.10 bits per heavy atom. The lowest BCUT2D eigenvalue weighted by atomic mass is 9.93. The lowest BCUT2D eigenvalue weighted by Crippen LogP contribution is -2.35. The van der Waals surface area contributed by atoms with Crippen LogP contribution < -0.4 is 10.1 Å². The third-order valence-electron chi connectivity index (χ3n) is 4.22. The van der Waals surface area contributed by atoms with Crippen LogP contribution in [-0.4, -0.2) is 24.2 Å². The van der Waals surface area contributed by atoms with Gasteiger partial charge in [0, 0.05) is 12.4 Å². The summed E-state index contributed by atoms with van der Waals surface area (Å²) in [5.74, 6) is 1.60. The Morgan fingerprint density at radius 3 is 2.62 bits per heavy atom.